The normalized spacial score (nSPS) is 11.4. The molecule has 204 valence electrons. The molecule has 0 unspecified atom stereocenters. The standard InChI is InChI=1S/C31H22F3N5O2/c32-31(33,34)22-7-4-8-23(17-22)36-30-37-29(38-39-30)21-9-11-24(12-10-21)41-28-15-16-35-27-18-25(13-14-26(27)28)40-19-20-5-2-1-3-6-20/h1-18H,19H2,(H2,36,37,38,39). The molecule has 4 aromatic carbocycles. The quantitative estimate of drug-likeness (QED) is 0.198. The van der Waals surface area contributed by atoms with Gasteiger partial charge in [-0.2, -0.15) is 18.2 Å². The Hall–Kier alpha value is -5.38. The van der Waals surface area contributed by atoms with Crippen LogP contribution in [-0.2, 0) is 12.8 Å². The predicted octanol–water partition coefficient (Wildman–Crippen LogP) is 8.15. The van der Waals surface area contributed by atoms with Crippen LogP contribution in [0.4, 0.5) is 24.8 Å². The minimum absolute atomic E-state index is 0.148. The SMILES string of the molecule is FC(F)(F)c1cccc(Nc2n[nH]c(-c3ccc(Oc4ccnc5cc(OCc6ccccc6)ccc45)cc3)n2)c1. The van der Waals surface area contributed by atoms with Gasteiger partial charge in [0.1, 0.15) is 23.9 Å². The van der Waals surface area contributed by atoms with E-state index in [9.17, 15) is 13.2 Å². The predicted molar refractivity (Wildman–Crippen MR) is 149 cm³/mol. The molecule has 0 bridgehead atoms. The van der Waals surface area contributed by atoms with Crippen molar-refractivity contribution in [1.82, 2.24) is 20.2 Å². The molecule has 0 aliphatic heterocycles. The highest BCUT2D eigenvalue weighted by atomic mass is 19.4. The molecule has 0 saturated heterocycles. The molecular weight excluding hydrogens is 531 g/mol. The number of hydrogen-bond donors (Lipinski definition) is 2. The van der Waals surface area contributed by atoms with E-state index in [0.717, 1.165) is 34.2 Å². The second-order valence-electron chi connectivity index (χ2n) is 9.10. The van der Waals surface area contributed by atoms with Gasteiger partial charge in [0.2, 0.25) is 5.95 Å². The molecule has 7 nitrogen and oxygen atoms in total. The van der Waals surface area contributed by atoms with Gasteiger partial charge in [-0.15, -0.1) is 5.10 Å². The number of pyridine rings is 1. The monoisotopic (exact) mass is 553 g/mol. The smallest absolute Gasteiger partial charge is 0.416 e. The van der Waals surface area contributed by atoms with E-state index in [1.807, 2.05) is 60.7 Å². The van der Waals surface area contributed by atoms with Crippen LogP contribution in [0.3, 0.4) is 0 Å². The van der Waals surface area contributed by atoms with Crippen LogP contribution in [-0.4, -0.2) is 20.2 Å². The Labute approximate surface area is 232 Å². The zero-order valence-electron chi connectivity index (χ0n) is 21.4. The molecule has 6 rings (SSSR count). The lowest BCUT2D eigenvalue weighted by atomic mass is 10.2. The van der Waals surface area contributed by atoms with Gasteiger partial charge >= 0.3 is 6.18 Å². The molecule has 2 aromatic heterocycles. The molecule has 2 heterocycles. The van der Waals surface area contributed by atoms with Gasteiger partial charge in [0.05, 0.1) is 11.1 Å². The Morgan fingerprint density at radius 1 is 0.805 bits per heavy atom. The molecule has 0 aliphatic carbocycles. The van der Waals surface area contributed by atoms with Crippen molar-refractivity contribution in [2.24, 2.45) is 0 Å². The number of H-pyrrole nitrogens is 1. The van der Waals surface area contributed by atoms with E-state index >= 15 is 0 Å². The van der Waals surface area contributed by atoms with Crippen LogP contribution < -0.4 is 14.8 Å². The van der Waals surface area contributed by atoms with Gasteiger partial charge in [-0.3, -0.25) is 10.1 Å². The van der Waals surface area contributed by atoms with Crippen LogP contribution in [0, 0.1) is 0 Å². The average Bonchev–Trinajstić information content (AvgIpc) is 3.45. The lowest BCUT2D eigenvalue weighted by Gasteiger charge is -2.11. The van der Waals surface area contributed by atoms with Gasteiger partial charge < -0.3 is 14.8 Å². The van der Waals surface area contributed by atoms with Crippen LogP contribution in [0.1, 0.15) is 11.1 Å². The summed E-state index contributed by atoms with van der Waals surface area (Å²) in [6.07, 6.45) is -2.76. The van der Waals surface area contributed by atoms with E-state index in [1.54, 1.807) is 24.4 Å². The molecule has 0 spiro atoms. The van der Waals surface area contributed by atoms with Crippen molar-refractivity contribution in [2.75, 3.05) is 5.32 Å². The average molecular weight is 554 g/mol. The first-order valence-corrected chi connectivity index (χ1v) is 12.6. The fraction of sp³-hybridized carbons (Fsp3) is 0.0645. The Morgan fingerprint density at radius 3 is 2.41 bits per heavy atom. The molecule has 0 amide bonds. The Bertz CT molecular complexity index is 1790. The van der Waals surface area contributed by atoms with Gasteiger partial charge in [0.15, 0.2) is 5.82 Å². The number of aromatic nitrogens is 4. The number of fused-ring (bicyclic) bond motifs is 1. The van der Waals surface area contributed by atoms with Crippen LogP contribution in [0.2, 0.25) is 0 Å². The number of benzene rings is 4. The second-order valence-corrected chi connectivity index (χ2v) is 9.10. The highest BCUT2D eigenvalue weighted by Gasteiger charge is 2.30. The van der Waals surface area contributed by atoms with Crippen LogP contribution in [0.5, 0.6) is 17.2 Å². The molecular formula is C31H22F3N5O2. The first kappa shape index (κ1) is 25.9. The number of aromatic amines is 1. The number of nitrogens with zero attached hydrogens (tertiary/aromatic N) is 3. The summed E-state index contributed by atoms with van der Waals surface area (Å²) in [6, 6.07) is 29.5. The zero-order valence-corrected chi connectivity index (χ0v) is 21.4. The summed E-state index contributed by atoms with van der Waals surface area (Å²) in [5.74, 6) is 2.56. The lowest BCUT2D eigenvalue weighted by Crippen LogP contribution is -2.05. The topological polar surface area (TPSA) is 85.0 Å². The summed E-state index contributed by atoms with van der Waals surface area (Å²) in [5.41, 5.74) is 2.02. The maximum absolute atomic E-state index is 13.0. The number of anilines is 2. The third-order valence-corrected chi connectivity index (χ3v) is 6.21. The van der Waals surface area contributed by atoms with E-state index in [1.165, 1.54) is 12.1 Å². The van der Waals surface area contributed by atoms with Crippen molar-refractivity contribution in [3.8, 4) is 28.6 Å². The van der Waals surface area contributed by atoms with Gasteiger partial charge in [-0.25, -0.2) is 0 Å². The lowest BCUT2D eigenvalue weighted by molar-refractivity contribution is -0.137. The highest BCUT2D eigenvalue weighted by molar-refractivity contribution is 5.86. The van der Waals surface area contributed by atoms with E-state index < -0.39 is 11.7 Å². The summed E-state index contributed by atoms with van der Waals surface area (Å²) in [4.78, 5) is 8.81. The third kappa shape index (κ3) is 6.11. The first-order valence-electron chi connectivity index (χ1n) is 12.6. The minimum Gasteiger partial charge on any atom is -0.489 e. The maximum atomic E-state index is 13.0. The molecule has 0 fully saturated rings. The van der Waals surface area contributed by atoms with E-state index in [0.29, 0.717) is 29.7 Å². The summed E-state index contributed by atoms with van der Waals surface area (Å²) in [7, 11) is 0. The van der Waals surface area contributed by atoms with Crippen molar-refractivity contribution < 1.29 is 22.6 Å². The maximum Gasteiger partial charge on any atom is 0.416 e. The van der Waals surface area contributed by atoms with Gasteiger partial charge in [-0.05, 0) is 66.2 Å². The highest BCUT2D eigenvalue weighted by Crippen LogP contribution is 2.33. The van der Waals surface area contributed by atoms with Crippen LogP contribution in [0.15, 0.2) is 109 Å². The van der Waals surface area contributed by atoms with Gasteiger partial charge in [-0.1, -0.05) is 36.4 Å². The molecule has 41 heavy (non-hydrogen) atoms. The van der Waals surface area contributed by atoms with E-state index in [-0.39, 0.29) is 11.6 Å². The zero-order chi connectivity index (χ0) is 28.2. The molecule has 6 aromatic rings. The summed E-state index contributed by atoms with van der Waals surface area (Å²) in [5, 5.41) is 10.5. The van der Waals surface area contributed by atoms with E-state index in [4.69, 9.17) is 9.47 Å². The largest absolute Gasteiger partial charge is 0.489 e. The summed E-state index contributed by atoms with van der Waals surface area (Å²) >= 11 is 0. The minimum atomic E-state index is -4.44. The third-order valence-electron chi connectivity index (χ3n) is 6.21. The molecule has 2 N–H and O–H groups in total. The second kappa shape index (κ2) is 11.0. The summed E-state index contributed by atoms with van der Waals surface area (Å²) in [6.45, 7) is 0.461. The first-order chi connectivity index (χ1) is 19.9. The fourth-order valence-electron chi connectivity index (χ4n) is 4.18. The number of nitrogens with one attached hydrogen (secondary N) is 2. The van der Waals surface area contributed by atoms with Crippen molar-refractivity contribution in [2.45, 2.75) is 12.8 Å². The van der Waals surface area contributed by atoms with Crippen LogP contribution in [0.25, 0.3) is 22.3 Å². The van der Waals surface area contributed by atoms with Crippen molar-refractivity contribution in [3.63, 3.8) is 0 Å². The number of ether oxygens (including phenoxy) is 2. The van der Waals surface area contributed by atoms with E-state index in [2.05, 4.69) is 25.5 Å². The number of rotatable bonds is 8. The van der Waals surface area contributed by atoms with Crippen molar-refractivity contribution >= 4 is 22.5 Å². The molecule has 0 radical (unpaired) electrons. The van der Waals surface area contributed by atoms with Crippen LogP contribution >= 0.6 is 0 Å². The molecule has 0 saturated carbocycles. The van der Waals surface area contributed by atoms with Gasteiger partial charge in [0, 0.05) is 28.9 Å². The molecule has 10 heteroatoms. The van der Waals surface area contributed by atoms with Crippen molar-refractivity contribution in [3.05, 3.63) is 120 Å². The number of hydrogen-bond acceptors (Lipinski definition) is 6. The number of alkyl halides is 3. The number of halogens is 3. The Morgan fingerprint density at radius 2 is 1.61 bits per heavy atom. The summed E-state index contributed by atoms with van der Waals surface area (Å²) < 4.78 is 51.0. The fourth-order valence-corrected chi connectivity index (χ4v) is 4.18. The molecule has 0 atom stereocenters. The Kier molecular flexibility index (Phi) is 6.95. The Balaban J connectivity index is 1.13. The molecule has 0 aliphatic rings. The van der Waals surface area contributed by atoms with Crippen molar-refractivity contribution in [1.29, 1.82) is 0 Å². The van der Waals surface area contributed by atoms with Gasteiger partial charge in [0.25, 0.3) is 0 Å².